The van der Waals surface area contributed by atoms with Gasteiger partial charge in [0.25, 0.3) is 0 Å². The maximum Gasteiger partial charge on any atom is 0.164 e. The van der Waals surface area contributed by atoms with E-state index in [9.17, 15) is 9.90 Å². The maximum absolute atomic E-state index is 11.9. The third kappa shape index (κ3) is 3.78. The summed E-state index contributed by atoms with van der Waals surface area (Å²) in [6.45, 7) is 5.70. The summed E-state index contributed by atoms with van der Waals surface area (Å²) in [6.07, 6.45) is 6.73. The fraction of sp³-hybridized carbons (Fsp3) is 0.769. The van der Waals surface area contributed by atoms with Crippen molar-refractivity contribution in [1.29, 1.82) is 0 Å². The predicted molar refractivity (Wildman–Crippen MR) is 61.7 cm³/mol. The van der Waals surface area contributed by atoms with Crippen molar-refractivity contribution in [1.82, 2.24) is 0 Å². The molecule has 1 aliphatic carbocycles. The van der Waals surface area contributed by atoms with Gasteiger partial charge in [-0.15, -0.1) is 6.58 Å². The van der Waals surface area contributed by atoms with Crippen LogP contribution in [0.4, 0.5) is 0 Å². The Morgan fingerprint density at radius 3 is 2.20 bits per heavy atom. The Kier molecular flexibility index (Phi) is 4.52. The highest BCUT2D eigenvalue weighted by molar-refractivity contribution is 5.87. The first kappa shape index (κ1) is 12.4. The molecule has 1 rings (SSSR count). The number of ketones is 1. The molecule has 0 spiro atoms. The number of carbonyl (C=O) groups is 1. The van der Waals surface area contributed by atoms with Gasteiger partial charge in [0.05, 0.1) is 0 Å². The van der Waals surface area contributed by atoms with Gasteiger partial charge in [0, 0.05) is 6.42 Å². The van der Waals surface area contributed by atoms with Gasteiger partial charge < -0.3 is 5.11 Å². The van der Waals surface area contributed by atoms with E-state index >= 15 is 0 Å². The summed E-state index contributed by atoms with van der Waals surface area (Å²) < 4.78 is 0. The summed E-state index contributed by atoms with van der Waals surface area (Å²) in [7, 11) is 0. The van der Waals surface area contributed by atoms with Crippen molar-refractivity contribution >= 4 is 5.78 Å². The molecule has 0 aromatic heterocycles. The van der Waals surface area contributed by atoms with Crippen LogP contribution in [-0.4, -0.2) is 16.5 Å². The molecule has 0 heterocycles. The highest BCUT2D eigenvalue weighted by Gasteiger charge is 2.34. The highest BCUT2D eigenvalue weighted by Crippen LogP contribution is 2.29. The summed E-state index contributed by atoms with van der Waals surface area (Å²) in [5.74, 6) is 0.0207. The van der Waals surface area contributed by atoms with Gasteiger partial charge in [-0.1, -0.05) is 31.3 Å². The first-order valence-electron chi connectivity index (χ1n) is 5.95. The second-order valence-electron chi connectivity index (χ2n) is 4.83. The minimum atomic E-state index is -1.02. The van der Waals surface area contributed by atoms with Crippen molar-refractivity contribution in [3.05, 3.63) is 12.2 Å². The zero-order valence-corrected chi connectivity index (χ0v) is 9.72. The van der Waals surface area contributed by atoms with Crippen LogP contribution < -0.4 is 0 Å². The molecule has 0 radical (unpaired) electrons. The SMILES string of the molecule is C=C(C)CCC(=O)C1(O)CCCCCC1. The molecule has 1 aliphatic rings. The lowest BCUT2D eigenvalue weighted by Crippen LogP contribution is -2.37. The molecule has 2 heteroatoms. The Morgan fingerprint density at radius 2 is 1.73 bits per heavy atom. The fourth-order valence-corrected chi connectivity index (χ4v) is 2.15. The minimum Gasteiger partial charge on any atom is -0.382 e. The molecular weight excluding hydrogens is 188 g/mol. The molecule has 1 fully saturated rings. The molecule has 0 unspecified atom stereocenters. The number of hydrogen-bond donors (Lipinski definition) is 1. The summed E-state index contributed by atoms with van der Waals surface area (Å²) in [6, 6.07) is 0. The van der Waals surface area contributed by atoms with Gasteiger partial charge in [0.15, 0.2) is 5.78 Å². The molecule has 0 bridgehead atoms. The van der Waals surface area contributed by atoms with Crippen LogP contribution in [0.3, 0.4) is 0 Å². The van der Waals surface area contributed by atoms with Crippen LogP contribution in [0, 0.1) is 0 Å². The van der Waals surface area contributed by atoms with Crippen molar-refractivity contribution < 1.29 is 9.90 Å². The Hall–Kier alpha value is -0.630. The molecule has 1 saturated carbocycles. The standard InChI is InChI=1S/C13H22O2/c1-11(2)7-8-12(14)13(15)9-5-3-4-6-10-13/h15H,1,3-10H2,2H3. The number of aliphatic hydroxyl groups is 1. The zero-order chi connectivity index (χ0) is 11.3. The quantitative estimate of drug-likeness (QED) is 0.572. The van der Waals surface area contributed by atoms with E-state index in [4.69, 9.17) is 0 Å². The molecular formula is C13H22O2. The topological polar surface area (TPSA) is 37.3 Å². The van der Waals surface area contributed by atoms with Crippen LogP contribution in [0.5, 0.6) is 0 Å². The van der Waals surface area contributed by atoms with Gasteiger partial charge in [-0.05, 0) is 26.2 Å². The van der Waals surface area contributed by atoms with Crippen molar-refractivity contribution in [2.45, 2.75) is 63.9 Å². The average Bonchev–Trinajstić information content (AvgIpc) is 2.40. The lowest BCUT2D eigenvalue weighted by Gasteiger charge is -2.24. The smallest absolute Gasteiger partial charge is 0.164 e. The molecule has 0 saturated heterocycles. The Labute approximate surface area is 92.4 Å². The molecule has 1 N–H and O–H groups in total. The van der Waals surface area contributed by atoms with E-state index in [2.05, 4.69) is 6.58 Å². The molecule has 15 heavy (non-hydrogen) atoms. The first-order chi connectivity index (χ1) is 7.04. The molecule has 2 nitrogen and oxygen atoms in total. The van der Waals surface area contributed by atoms with Crippen molar-refractivity contribution in [2.75, 3.05) is 0 Å². The van der Waals surface area contributed by atoms with Gasteiger partial charge in [0.1, 0.15) is 5.60 Å². The minimum absolute atomic E-state index is 0.0207. The third-order valence-electron chi connectivity index (χ3n) is 3.23. The van der Waals surface area contributed by atoms with Crippen LogP contribution in [0.2, 0.25) is 0 Å². The number of Topliss-reactive ketones (excluding diaryl/α,β-unsaturated/α-hetero) is 1. The summed E-state index contributed by atoms with van der Waals surface area (Å²) >= 11 is 0. The van der Waals surface area contributed by atoms with E-state index < -0.39 is 5.60 Å². The summed E-state index contributed by atoms with van der Waals surface area (Å²) in [5.41, 5.74) is -0.00746. The van der Waals surface area contributed by atoms with Gasteiger partial charge >= 0.3 is 0 Å². The van der Waals surface area contributed by atoms with Crippen LogP contribution in [0.25, 0.3) is 0 Å². The van der Waals surface area contributed by atoms with E-state index in [1.807, 2.05) is 6.92 Å². The van der Waals surface area contributed by atoms with Crippen LogP contribution in [-0.2, 0) is 4.79 Å². The number of allylic oxidation sites excluding steroid dienone is 1. The molecule has 0 aliphatic heterocycles. The van der Waals surface area contributed by atoms with Crippen molar-refractivity contribution in [3.8, 4) is 0 Å². The van der Waals surface area contributed by atoms with E-state index in [-0.39, 0.29) is 5.78 Å². The van der Waals surface area contributed by atoms with E-state index in [0.29, 0.717) is 25.7 Å². The Morgan fingerprint density at radius 1 is 1.20 bits per heavy atom. The molecule has 86 valence electrons. The Bertz CT molecular complexity index is 235. The highest BCUT2D eigenvalue weighted by atomic mass is 16.3. The lowest BCUT2D eigenvalue weighted by molar-refractivity contribution is -0.138. The van der Waals surface area contributed by atoms with E-state index in [1.165, 1.54) is 0 Å². The van der Waals surface area contributed by atoms with Crippen LogP contribution in [0.15, 0.2) is 12.2 Å². The molecule has 0 aromatic rings. The second-order valence-corrected chi connectivity index (χ2v) is 4.83. The molecule has 0 aromatic carbocycles. The van der Waals surface area contributed by atoms with Gasteiger partial charge in [0.2, 0.25) is 0 Å². The van der Waals surface area contributed by atoms with Crippen molar-refractivity contribution in [2.24, 2.45) is 0 Å². The molecule has 0 atom stereocenters. The zero-order valence-electron chi connectivity index (χ0n) is 9.72. The Balaban J connectivity index is 2.50. The lowest BCUT2D eigenvalue weighted by atomic mass is 9.87. The van der Waals surface area contributed by atoms with Crippen LogP contribution in [0.1, 0.15) is 58.3 Å². The average molecular weight is 210 g/mol. The number of carbonyl (C=O) groups excluding carboxylic acids is 1. The molecule has 0 amide bonds. The predicted octanol–water partition coefficient (Wildman–Crippen LogP) is 3.00. The van der Waals surface area contributed by atoms with Gasteiger partial charge in [-0.25, -0.2) is 0 Å². The van der Waals surface area contributed by atoms with E-state index in [1.54, 1.807) is 0 Å². The van der Waals surface area contributed by atoms with E-state index in [0.717, 1.165) is 31.3 Å². The summed E-state index contributed by atoms with van der Waals surface area (Å²) in [4.78, 5) is 11.9. The van der Waals surface area contributed by atoms with Gasteiger partial charge in [-0.2, -0.15) is 0 Å². The largest absolute Gasteiger partial charge is 0.382 e. The monoisotopic (exact) mass is 210 g/mol. The first-order valence-corrected chi connectivity index (χ1v) is 5.95. The number of rotatable bonds is 4. The van der Waals surface area contributed by atoms with Gasteiger partial charge in [-0.3, -0.25) is 4.79 Å². The fourth-order valence-electron chi connectivity index (χ4n) is 2.15. The van der Waals surface area contributed by atoms with Crippen molar-refractivity contribution in [3.63, 3.8) is 0 Å². The normalized spacial score (nSPS) is 20.7. The summed E-state index contributed by atoms with van der Waals surface area (Å²) in [5, 5.41) is 10.3. The third-order valence-corrected chi connectivity index (χ3v) is 3.23. The second kappa shape index (κ2) is 5.45. The number of hydrogen-bond acceptors (Lipinski definition) is 2. The maximum atomic E-state index is 11.9. The van der Waals surface area contributed by atoms with Crippen LogP contribution >= 0.6 is 0 Å².